The van der Waals surface area contributed by atoms with E-state index in [0.717, 1.165) is 18.7 Å². The van der Waals surface area contributed by atoms with Gasteiger partial charge in [-0.3, -0.25) is 0 Å². The first-order chi connectivity index (χ1) is 11.1. The van der Waals surface area contributed by atoms with Gasteiger partial charge in [0.25, 0.3) is 0 Å². The molecule has 0 saturated heterocycles. The van der Waals surface area contributed by atoms with Crippen molar-refractivity contribution in [1.82, 2.24) is 25.4 Å². The van der Waals surface area contributed by atoms with Crippen LogP contribution in [0.4, 0.5) is 4.79 Å². The second-order valence-electron chi connectivity index (χ2n) is 6.16. The largest absolute Gasteiger partial charge is 0.338 e. The molecule has 2 amide bonds. The highest BCUT2D eigenvalue weighted by atomic mass is 16.2. The molecule has 1 aliphatic carbocycles. The van der Waals surface area contributed by atoms with Gasteiger partial charge < -0.3 is 15.2 Å². The zero-order valence-corrected chi connectivity index (χ0v) is 13.6. The number of aryl methyl sites for hydroxylation is 2. The van der Waals surface area contributed by atoms with E-state index in [1.807, 2.05) is 18.5 Å². The number of carbonyl (C=O) groups excluding carboxylic acids is 1. The Labute approximate surface area is 136 Å². The molecule has 2 atom stereocenters. The molecule has 1 aromatic carbocycles. The van der Waals surface area contributed by atoms with E-state index in [2.05, 4.69) is 45.1 Å². The molecule has 1 heterocycles. The molecule has 1 aliphatic rings. The van der Waals surface area contributed by atoms with Crippen molar-refractivity contribution >= 4 is 6.03 Å². The summed E-state index contributed by atoms with van der Waals surface area (Å²) in [7, 11) is 1.87. The fourth-order valence-electron chi connectivity index (χ4n) is 3.28. The summed E-state index contributed by atoms with van der Waals surface area (Å²) in [6.45, 7) is 2.56. The summed E-state index contributed by atoms with van der Waals surface area (Å²) in [4.78, 5) is 12.1. The number of amides is 2. The summed E-state index contributed by atoms with van der Waals surface area (Å²) in [6.07, 6.45) is 5.07. The SMILES string of the molecule is C[C@@H](NC(=O)NC[C@@H]1CCCc2ccccc21)c1nncn1C. The molecular formula is C17H23N5O. The lowest BCUT2D eigenvalue weighted by atomic mass is 9.83. The Balaban J connectivity index is 1.55. The maximum Gasteiger partial charge on any atom is 0.315 e. The van der Waals surface area contributed by atoms with Crippen molar-refractivity contribution in [3.8, 4) is 0 Å². The van der Waals surface area contributed by atoms with Crippen LogP contribution in [-0.4, -0.2) is 27.3 Å². The quantitative estimate of drug-likeness (QED) is 0.910. The predicted octanol–water partition coefficient (Wildman–Crippen LogP) is 2.30. The number of nitrogens with zero attached hydrogens (tertiary/aromatic N) is 3. The first kappa shape index (κ1) is 15.5. The summed E-state index contributed by atoms with van der Waals surface area (Å²) in [5.74, 6) is 1.14. The van der Waals surface area contributed by atoms with Gasteiger partial charge in [-0.1, -0.05) is 24.3 Å². The van der Waals surface area contributed by atoms with E-state index >= 15 is 0 Å². The molecule has 0 saturated carbocycles. The first-order valence-corrected chi connectivity index (χ1v) is 8.11. The van der Waals surface area contributed by atoms with Gasteiger partial charge in [0.15, 0.2) is 5.82 Å². The third-order valence-electron chi connectivity index (χ3n) is 4.48. The van der Waals surface area contributed by atoms with Crippen molar-refractivity contribution in [2.24, 2.45) is 7.05 Å². The van der Waals surface area contributed by atoms with Gasteiger partial charge in [-0.25, -0.2) is 4.79 Å². The van der Waals surface area contributed by atoms with Crippen molar-refractivity contribution in [2.75, 3.05) is 6.54 Å². The van der Waals surface area contributed by atoms with E-state index in [-0.39, 0.29) is 12.1 Å². The normalized spacial score (nSPS) is 18.1. The Bertz CT molecular complexity index is 681. The predicted molar refractivity (Wildman–Crippen MR) is 88.1 cm³/mol. The molecule has 2 aromatic rings. The van der Waals surface area contributed by atoms with E-state index < -0.39 is 0 Å². The van der Waals surface area contributed by atoms with E-state index in [0.29, 0.717) is 12.5 Å². The number of hydrogen-bond acceptors (Lipinski definition) is 3. The van der Waals surface area contributed by atoms with Crippen LogP contribution in [0.5, 0.6) is 0 Å². The highest BCUT2D eigenvalue weighted by molar-refractivity contribution is 5.74. The van der Waals surface area contributed by atoms with Crippen LogP contribution in [0.3, 0.4) is 0 Å². The Morgan fingerprint density at radius 3 is 3.04 bits per heavy atom. The Kier molecular flexibility index (Phi) is 4.60. The lowest BCUT2D eigenvalue weighted by molar-refractivity contribution is 0.236. The molecule has 0 fully saturated rings. The van der Waals surface area contributed by atoms with E-state index in [9.17, 15) is 4.79 Å². The minimum Gasteiger partial charge on any atom is -0.338 e. The first-order valence-electron chi connectivity index (χ1n) is 8.11. The molecule has 122 valence electrons. The maximum absolute atomic E-state index is 12.1. The minimum absolute atomic E-state index is 0.163. The molecular weight excluding hydrogens is 290 g/mol. The number of aromatic nitrogens is 3. The van der Waals surface area contributed by atoms with Gasteiger partial charge in [0, 0.05) is 19.5 Å². The van der Waals surface area contributed by atoms with Crippen molar-refractivity contribution in [3.05, 3.63) is 47.5 Å². The van der Waals surface area contributed by atoms with E-state index in [1.165, 1.54) is 17.5 Å². The zero-order valence-electron chi connectivity index (χ0n) is 13.6. The van der Waals surface area contributed by atoms with Crippen LogP contribution in [0.25, 0.3) is 0 Å². The van der Waals surface area contributed by atoms with Crippen LogP contribution in [0.1, 0.15) is 48.7 Å². The number of urea groups is 1. The summed E-state index contributed by atoms with van der Waals surface area (Å²) < 4.78 is 1.81. The topological polar surface area (TPSA) is 71.8 Å². The zero-order chi connectivity index (χ0) is 16.2. The van der Waals surface area contributed by atoms with Crippen molar-refractivity contribution in [1.29, 1.82) is 0 Å². The van der Waals surface area contributed by atoms with Crippen molar-refractivity contribution in [2.45, 2.75) is 38.1 Å². The van der Waals surface area contributed by atoms with Crippen LogP contribution in [0.2, 0.25) is 0 Å². The monoisotopic (exact) mass is 313 g/mol. The fourth-order valence-corrected chi connectivity index (χ4v) is 3.28. The third kappa shape index (κ3) is 3.52. The molecule has 3 rings (SSSR count). The molecule has 0 unspecified atom stereocenters. The Morgan fingerprint density at radius 2 is 2.26 bits per heavy atom. The van der Waals surface area contributed by atoms with Gasteiger partial charge in [-0.15, -0.1) is 10.2 Å². The van der Waals surface area contributed by atoms with Gasteiger partial charge in [-0.2, -0.15) is 0 Å². The van der Waals surface area contributed by atoms with Gasteiger partial charge >= 0.3 is 6.03 Å². The molecule has 1 aromatic heterocycles. The second-order valence-corrected chi connectivity index (χ2v) is 6.16. The van der Waals surface area contributed by atoms with Gasteiger partial charge in [0.05, 0.1) is 6.04 Å². The number of nitrogens with one attached hydrogen (secondary N) is 2. The maximum atomic E-state index is 12.1. The molecule has 0 spiro atoms. The molecule has 2 N–H and O–H groups in total. The lowest BCUT2D eigenvalue weighted by Gasteiger charge is -2.26. The lowest BCUT2D eigenvalue weighted by Crippen LogP contribution is -2.40. The van der Waals surface area contributed by atoms with Crippen LogP contribution >= 0.6 is 0 Å². The summed E-state index contributed by atoms with van der Waals surface area (Å²) in [5, 5.41) is 13.8. The number of fused-ring (bicyclic) bond motifs is 1. The van der Waals surface area contributed by atoms with E-state index in [1.54, 1.807) is 6.33 Å². The van der Waals surface area contributed by atoms with Crippen LogP contribution in [0, 0.1) is 0 Å². The molecule has 23 heavy (non-hydrogen) atoms. The number of carbonyl (C=O) groups is 1. The minimum atomic E-state index is -0.179. The van der Waals surface area contributed by atoms with Crippen LogP contribution in [-0.2, 0) is 13.5 Å². The number of rotatable bonds is 4. The molecule has 0 radical (unpaired) electrons. The van der Waals surface area contributed by atoms with Crippen LogP contribution < -0.4 is 10.6 Å². The summed E-state index contributed by atoms with van der Waals surface area (Å²) >= 11 is 0. The van der Waals surface area contributed by atoms with Gasteiger partial charge in [0.1, 0.15) is 6.33 Å². The van der Waals surface area contributed by atoms with Crippen molar-refractivity contribution in [3.63, 3.8) is 0 Å². The molecule has 0 bridgehead atoms. The molecule has 6 nitrogen and oxygen atoms in total. The Hall–Kier alpha value is -2.37. The van der Waals surface area contributed by atoms with Gasteiger partial charge in [-0.05, 0) is 37.3 Å². The van der Waals surface area contributed by atoms with Crippen molar-refractivity contribution < 1.29 is 4.79 Å². The van der Waals surface area contributed by atoms with Crippen LogP contribution in [0.15, 0.2) is 30.6 Å². The third-order valence-corrected chi connectivity index (χ3v) is 4.48. The van der Waals surface area contributed by atoms with Gasteiger partial charge in [0.2, 0.25) is 0 Å². The average molecular weight is 313 g/mol. The van der Waals surface area contributed by atoms with E-state index in [4.69, 9.17) is 0 Å². The molecule has 0 aliphatic heterocycles. The second kappa shape index (κ2) is 6.81. The number of hydrogen-bond donors (Lipinski definition) is 2. The summed E-state index contributed by atoms with van der Waals surface area (Å²) in [5.41, 5.74) is 2.79. The highest BCUT2D eigenvalue weighted by Crippen LogP contribution is 2.30. The highest BCUT2D eigenvalue weighted by Gasteiger charge is 2.21. The standard InChI is InChI=1S/C17H23N5O/c1-12(16-21-19-11-22(16)2)20-17(23)18-10-14-8-5-7-13-6-3-4-9-15(13)14/h3-4,6,9,11-12,14H,5,7-8,10H2,1-2H3,(H2,18,20,23)/t12-,14+/m1/s1. The smallest absolute Gasteiger partial charge is 0.315 e. The Morgan fingerprint density at radius 1 is 1.43 bits per heavy atom. The summed E-state index contributed by atoms with van der Waals surface area (Å²) in [6, 6.07) is 8.19. The average Bonchev–Trinajstić information content (AvgIpc) is 2.99. The molecule has 6 heteroatoms. The fraction of sp³-hybridized carbons (Fsp3) is 0.471. The number of benzene rings is 1.